The molecule has 2 N–H and O–H groups in total. The van der Waals surface area contributed by atoms with Crippen molar-refractivity contribution in [3.8, 4) is 0 Å². The van der Waals surface area contributed by atoms with E-state index in [1.165, 1.54) is 35.3 Å². The fraction of sp³-hybridized carbons (Fsp3) is 0.444. The van der Waals surface area contributed by atoms with E-state index in [1.54, 1.807) is 4.90 Å². The molecule has 0 amide bonds. The second kappa shape index (κ2) is 11.0. The van der Waals surface area contributed by atoms with E-state index in [0.29, 0.717) is 45.1 Å². The lowest BCUT2D eigenvalue weighted by molar-refractivity contribution is -0.385. The van der Waals surface area contributed by atoms with Crippen LogP contribution in [0.4, 0.5) is 20.2 Å². The van der Waals surface area contributed by atoms with Crippen LogP contribution in [-0.4, -0.2) is 52.9 Å². The highest BCUT2D eigenvalue weighted by molar-refractivity contribution is 14.0. The van der Waals surface area contributed by atoms with Gasteiger partial charge in [-0.2, -0.15) is 5.10 Å². The van der Waals surface area contributed by atoms with Crippen molar-refractivity contribution < 1.29 is 13.7 Å². The Morgan fingerprint density at radius 1 is 1.40 bits per heavy atom. The van der Waals surface area contributed by atoms with Crippen LogP contribution < -0.4 is 15.5 Å². The smallest absolute Gasteiger partial charge is 0.306 e. The molecule has 164 valence electrons. The zero-order chi connectivity index (χ0) is 20.8. The number of hydrogen-bond acceptors (Lipinski definition) is 5. The normalized spacial score (nSPS) is 16.3. The molecule has 1 aliphatic heterocycles. The lowest BCUT2D eigenvalue weighted by atomic mass is 10.2. The number of nitrogens with one attached hydrogen (secondary N) is 2. The number of hydrogen-bond donors (Lipinski definition) is 2. The van der Waals surface area contributed by atoms with Gasteiger partial charge in [0.05, 0.1) is 18.0 Å². The van der Waals surface area contributed by atoms with Gasteiger partial charge in [0, 0.05) is 25.7 Å². The Hall–Kier alpha value is -2.51. The summed E-state index contributed by atoms with van der Waals surface area (Å²) in [7, 11) is 0. The van der Waals surface area contributed by atoms with Crippen LogP contribution in [0.2, 0.25) is 0 Å². The summed E-state index contributed by atoms with van der Waals surface area (Å²) < 4.78 is 29.5. The Balaban J connectivity index is 0.00000320. The first-order valence-electron chi connectivity index (χ1n) is 9.38. The van der Waals surface area contributed by atoms with E-state index in [9.17, 15) is 18.9 Å². The van der Waals surface area contributed by atoms with E-state index in [1.807, 2.05) is 6.92 Å². The second-order valence-electron chi connectivity index (χ2n) is 6.63. The quantitative estimate of drug-likeness (QED) is 0.186. The Kier molecular flexibility index (Phi) is 8.74. The summed E-state index contributed by atoms with van der Waals surface area (Å²) in [6, 6.07) is 3.84. The van der Waals surface area contributed by atoms with Crippen molar-refractivity contribution >= 4 is 41.3 Å². The minimum atomic E-state index is -0.570. The van der Waals surface area contributed by atoms with Crippen LogP contribution in [0.15, 0.2) is 35.6 Å². The molecule has 12 heteroatoms. The zero-order valence-electron chi connectivity index (χ0n) is 16.4. The highest BCUT2D eigenvalue weighted by Crippen LogP contribution is 2.26. The molecule has 0 saturated carbocycles. The molecule has 1 atom stereocenters. The molecule has 1 fully saturated rings. The maximum atomic E-state index is 14.0. The molecule has 0 aliphatic carbocycles. The number of anilines is 1. The van der Waals surface area contributed by atoms with Gasteiger partial charge >= 0.3 is 5.69 Å². The molecule has 1 aromatic carbocycles. The maximum Gasteiger partial charge on any atom is 0.306 e. The van der Waals surface area contributed by atoms with Gasteiger partial charge in [-0.1, -0.05) is 6.07 Å². The molecule has 30 heavy (non-hydrogen) atoms. The van der Waals surface area contributed by atoms with E-state index < -0.39 is 16.6 Å². The molecule has 0 spiro atoms. The molecular formula is C18H24F2IN7O2. The van der Waals surface area contributed by atoms with Crippen LogP contribution in [0.25, 0.3) is 0 Å². The first kappa shape index (κ1) is 23.8. The monoisotopic (exact) mass is 535 g/mol. The Bertz CT molecular complexity index is 873. The number of rotatable bonds is 7. The van der Waals surface area contributed by atoms with Crippen LogP contribution in [0.3, 0.4) is 0 Å². The SMILES string of the molecule is CCNC(=NCCn1cc([N+](=O)[O-])cn1)NC1CCN(c2c(F)cccc2F)C1.I. The van der Waals surface area contributed by atoms with Crippen molar-refractivity contribution in [1.82, 2.24) is 20.4 Å². The highest BCUT2D eigenvalue weighted by atomic mass is 127. The molecule has 1 saturated heterocycles. The molecule has 0 radical (unpaired) electrons. The number of halogens is 3. The number of benzene rings is 1. The number of guanidine groups is 1. The van der Waals surface area contributed by atoms with E-state index in [-0.39, 0.29) is 41.4 Å². The fourth-order valence-electron chi connectivity index (χ4n) is 3.22. The van der Waals surface area contributed by atoms with Crippen molar-refractivity contribution in [2.24, 2.45) is 4.99 Å². The van der Waals surface area contributed by atoms with Crippen LogP contribution in [0.1, 0.15) is 13.3 Å². The third-order valence-electron chi connectivity index (χ3n) is 4.56. The topological polar surface area (TPSA) is 101 Å². The molecule has 1 unspecified atom stereocenters. The van der Waals surface area contributed by atoms with Gasteiger partial charge in [-0.05, 0) is 25.5 Å². The largest absolute Gasteiger partial charge is 0.365 e. The lowest BCUT2D eigenvalue weighted by Crippen LogP contribution is -2.44. The van der Waals surface area contributed by atoms with Crippen molar-refractivity contribution in [1.29, 1.82) is 0 Å². The van der Waals surface area contributed by atoms with E-state index in [4.69, 9.17) is 0 Å². The standard InChI is InChI=1S/C18H23F2N7O2.HI/c1-2-21-18(22-7-9-26-12-14(10-23-26)27(28)29)24-13-6-8-25(11-13)17-15(19)4-3-5-16(17)20;/h3-5,10,12-13H,2,6-9,11H2,1H3,(H2,21,22,24);1H. The minimum absolute atomic E-state index is 0. The van der Waals surface area contributed by atoms with E-state index >= 15 is 0 Å². The summed E-state index contributed by atoms with van der Waals surface area (Å²) in [5.74, 6) is -0.561. The summed E-state index contributed by atoms with van der Waals surface area (Å²) in [5.41, 5.74) is -0.0653. The van der Waals surface area contributed by atoms with Crippen molar-refractivity contribution in [3.05, 3.63) is 52.3 Å². The maximum absolute atomic E-state index is 14.0. The van der Waals surface area contributed by atoms with Gasteiger partial charge in [-0.3, -0.25) is 19.8 Å². The van der Waals surface area contributed by atoms with Crippen LogP contribution in [-0.2, 0) is 6.54 Å². The number of aliphatic imine (C=N–C) groups is 1. The first-order chi connectivity index (χ1) is 14.0. The summed E-state index contributed by atoms with van der Waals surface area (Å²) in [6.45, 7) is 4.33. The average molecular weight is 535 g/mol. The number of para-hydroxylation sites is 1. The molecule has 9 nitrogen and oxygen atoms in total. The van der Waals surface area contributed by atoms with E-state index in [2.05, 4.69) is 20.7 Å². The highest BCUT2D eigenvalue weighted by Gasteiger charge is 2.27. The van der Waals surface area contributed by atoms with Gasteiger partial charge in [0.1, 0.15) is 29.7 Å². The Morgan fingerprint density at radius 3 is 2.77 bits per heavy atom. The van der Waals surface area contributed by atoms with Gasteiger partial charge in [-0.15, -0.1) is 24.0 Å². The van der Waals surface area contributed by atoms with Crippen LogP contribution in [0.5, 0.6) is 0 Å². The van der Waals surface area contributed by atoms with Crippen LogP contribution >= 0.6 is 24.0 Å². The van der Waals surface area contributed by atoms with Gasteiger partial charge in [-0.25, -0.2) is 8.78 Å². The first-order valence-corrected chi connectivity index (χ1v) is 9.38. The molecule has 0 bridgehead atoms. The average Bonchev–Trinajstić information content (AvgIpc) is 3.32. The molecule has 3 rings (SSSR count). The number of nitrogens with zero attached hydrogens (tertiary/aromatic N) is 5. The summed E-state index contributed by atoms with van der Waals surface area (Å²) in [6.07, 6.45) is 3.26. The Labute approximate surface area is 189 Å². The predicted molar refractivity (Wildman–Crippen MR) is 120 cm³/mol. The molecule has 2 heterocycles. The van der Waals surface area contributed by atoms with Gasteiger partial charge in [0.2, 0.25) is 0 Å². The summed E-state index contributed by atoms with van der Waals surface area (Å²) >= 11 is 0. The van der Waals surface area contributed by atoms with Gasteiger partial charge in [0.25, 0.3) is 0 Å². The molecule has 2 aromatic rings. The third-order valence-corrected chi connectivity index (χ3v) is 4.56. The third kappa shape index (κ3) is 6.00. The summed E-state index contributed by atoms with van der Waals surface area (Å²) in [5, 5.41) is 21.0. The second-order valence-corrected chi connectivity index (χ2v) is 6.63. The molecule has 1 aliphatic rings. The van der Waals surface area contributed by atoms with Gasteiger partial charge in [0.15, 0.2) is 5.96 Å². The fourth-order valence-corrected chi connectivity index (χ4v) is 3.22. The lowest BCUT2D eigenvalue weighted by Gasteiger charge is -2.21. The van der Waals surface area contributed by atoms with Gasteiger partial charge < -0.3 is 15.5 Å². The number of nitro groups is 1. The zero-order valence-corrected chi connectivity index (χ0v) is 18.8. The predicted octanol–water partition coefficient (Wildman–Crippen LogP) is 2.52. The Morgan fingerprint density at radius 2 is 2.13 bits per heavy atom. The van der Waals surface area contributed by atoms with Crippen molar-refractivity contribution in [2.75, 3.05) is 31.1 Å². The molecule has 1 aromatic heterocycles. The van der Waals surface area contributed by atoms with Crippen LogP contribution in [0, 0.1) is 21.7 Å². The molecular weight excluding hydrogens is 511 g/mol. The minimum Gasteiger partial charge on any atom is -0.365 e. The number of aromatic nitrogens is 2. The summed E-state index contributed by atoms with van der Waals surface area (Å²) in [4.78, 5) is 16.3. The van der Waals surface area contributed by atoms with Crippen molar-refractivity contribution in [3.63, 3.8) is 0 Å². The van der Waals surface area contributed by atoms with E-state index in [0.717, 1.165) is 0 Å². The van der Waals surface area contributed by atoms with Crippen molar-refractivity contribution in [2.45, 2.75) is 25.9 Å².